The van der Waals surface area contributed by atoms with Crippen molar-refractivity contribution in [3.63, 3.8) is 0 Å². The first kappa shape index (κ1) is 20.9. The number of ketones is 2. The second-order valence-electron chi connectivity index (χ2n) is 9.20. The summed E-state index contributed by atoms with van der Waals surface area (Å²) in [5, 5.41) is 3.63. The molecule has 2 saturated carbocycles. The van der Waals surface area contributed by atoms with Crippen molar-refractivity contribution in [2.45, 2.75) is 56.5 Å². The van der Waals surface area contributed by atoms with Gasteiger partial charge in [-0.3, -0.25) is 14.4 Å². The van der Waals surface area contributed by atoms with Crippen molar-refractivity contribution in [2.75, 3.05) is 5.32 Å². The van der Waals surface area contributed by atoms with E-state index in [1.54, 1.807) is 30.3 Å². The molecular weight excluding hydrogens is 404 g/mol. The van der Waals surface area contributed by atoms with Crippen molar-refractivity contribution in [1.82, 2.24) is 5.48 Å². The van der Waals surface area contributed by atoms with Crippen LogP contribution in [0.5, 0.6) is 0 Å². The van der Waals surface area contributed by atoms with Crippen molar-refractivity contribution < 1.29 is 19.2 Å². The standard InChI is InChI=1S/C26H28N2O4/c29-23(25(30)16-7-2-1-3-8-16)15-20(26(31)32-28-17-13-14-17)24-18-9-4-5-11-21(18)27-22-12-6-10-19(22)24/h1-5,7-9,11,17,19-20,22,24,27-28H,6,10,12-15H2. The molecule has 2 fully saturated rings. The lowest BCUT2D eigenvalue weighted by Crippen LogP contribution is -2.42. The Morgan fingerprint density at radius 2 is 1.72 bits per heavy atom. The highest BCUT2D eigenvalue weighted by molar-refractivity contribution is 6.43. The maximum atomic E-state index is 13.3. The number of hydrogen-bond donors (Lipinski definition) is 2. The maximum Gasteiger partial charge on any atom is 0.328 e. The summed E-state index contributed by atoms with van der Waals surface area (Å²) in [5.74, 6) is -2.20. The molecule has 0 saturated heterocycles. The molecule has 1 aliphatic heterocycles. The number of hydroxylamine groups is 1. The maximum absolute atomic E-state index is 13.3. The molecule has 2 aliphatic carbocycles. The summed E-state index contributed by atoms with van der Waals surface area (Å²) < 4.78 is 0. The summed E-state index contributed by atoms with van der Waals surface area (Å²) in [6.45, 7) is 0. The molecule has 6 nitrogen and oxygen atoms in total. The van der Waals surface area contributed by atoms with E-state index in [1.807, 2.05) is 24.3 Å². The summed E-state index contributed by atoms with van der Waals surface area (Å²) in [4.78, 5) is 44.6. The van der Waals surface area contributed by atoms with E-state index >= 15 is 0 Å². The van der Waals surface area contributed by atoms with Crippen LogP contribution in [0.4, 0.5) is 5.69 Å². The first-order valence-corrected chi connectivity index (χ1v) is 11.6. The van der Waals surface area contributed by atoms with Gasteiger partial charge < -0.3 is 10.2 Å². The van der Waals surface area contributed by atoms with E-state index in [0.29, 0.717) is 5.56 Å². The molecule has 2 aromatic rings. The molecule has 0 radical (unpaired) electrons. The molecule has 2 aromatic carbocycles. The molecule has 2 N–H and O–H groups in total. The Morgan fingerprint density at radius 3 is 2.50 bits per heavy atom. The number of carbonyl (C=O) groups excluding carboxylic acids is 3. The van der Waals surface area contributed by atoms with Crippen LogP contribution < -0.4 is 10.8 Å². The number of carbonyl (C=O) groups is 3. The van der Waals surface area contributed by atoms with Gasteiger partial charge in [0.05, 0.1) is 5.92 Å². The van der Waals surface area contributed by atoms with Crippen molar-refractivity contribution in [3.05, 3.63) is 65.7 Å². The number of Topliss-reactive ketones (excluding diaryl/α,β-unsaturated/α-hetero) is 2. The van der Waals surface area contributed by atoms with Crippen LogP contribution >= 0.6 is 0 Å². The van der Waals surface area contributed by atoms with Crippen LogP contribution in [0.2, 0.25) is 0 Å². The van der Waals surface area contributed by atoms with Crippen molar-refractivity contribution in [3.8, 4) is 0 Å². The van der Waals surface area contributed by atoms with Gasteiger partial charge in [-0.15, -0.1) is 0 Å². The third-order valence-corrected chi connectivity index (χ3v) is 7.03. The molecule has 5 rings (SSSR count). The quantitative estimate of drug-likeness (QED) is 0.372. The number of benzene rings is 2. The molecule has 3 aliphatic rings. The first-order chi connectivity index (χ1) is 15.6. The van der Waals surface area contributed by atoms with E-state index < -0.39 is 23.5 Å². The zero-order valence-corrected chi connectivity index (χ0v) is 18.0. The van der Waals surface area contributed by atoms with Crippen LogP contribution in [-0.4, -0.2) is 29.6 Å². The number of rotatable bonds is 8. The van der Waals surface area contributed by atoms with Gasteiger partial charge in [0.2, 0.25) is 11.6 Å². The van der Waals surface area contributed by atoms with Gasteiger partial charge in [0.1, 0.15) is 0 Å². The first-order valence-electron chi connectivity index (χ1n) is 11.6. The second-order valence-corrected chi connectivity index (χ2v) is 9.20. The normalized spacial score (nSPS) is 24.6. The Labute approximate surface area is 187 Å². The number of para-hydroxylation sites is 1. The minimum absolute atomic E-state index is 0.152. The molecule has 32 heavy (non-hydrogen) atoms. The minimum atomic E-state index is -0.713. The zero-order chi connectivity index (χ0) is 22.1. The third-order valence-electron chi connectivity index (χ3n) is 7.03. The minimum Gasteiger partial charge on any atom is -0.382 e. The fourth-order valence-electron chi connectivity index (χ4n) is 5.28. The van der Waals surface area contributed by atoms with Crippen LogP contribution in [0.25, 0.3) is 0 Å². The SMILES string of the molecule is O=C(CC(C(=O)ONC1CC1)C1c2ccccc2NC2CCCC21)C(=O)c1ccccc1. The van der Waals surface area contributed by atoms with E-state index in [2.05, 4.69) is 10.8 Å². The molecular formula is C26H28N2O4. The molecule has 166 valence electrons. The highest BCUT2D eigenvalue weighted by atomic mass is 16.7. The van der Waals surface area contributed by atoms with Crippen LogP contribution in [0, 0.1) is 11.8 Å². The van der Waals surface area contributed by atoms with Gasteiger partial charge in [-0.25, -0.2) is 0 Å². The summed E-state index contributed by atoms with van der Waals surface area (Å²) in [5.41, 5.74) is 5.23. The van der Waals surface area contributed by atoms with Crippen molar-refractivity contribution in [1.29, 1.82) is 0 Å². The summed E-state index contributed by atoms with van der Waals surface area (Å²) >= 11 is 0. The van der Waals surface area contributed by atoms with E-state index in [9.17, 15) is 14.4 Å². The van der Waals surface area contributed by atoms with Crippen LogP contribution in [0.3, 0.4) is 0 Å². The summed E-state index contributed by atoms with van der Waals surface area (Å²) in [7, 11) is 0. The van der Waals surface area contributed by atoms with E-state index in [4.69, 9.17) is 4.84 Å². The smallest absolute Gasteiger partial charge is 0.328 e. The Kier molecular flexibility index (Phi) is 5.79. The Bertz CT molecular complexity index is 1020. The highest BCUT2D eigenvalue weighted by Crippen LogP contribution is 2.50. The average Bonchev–Trinajstić information content (AvgIpc) is 3.55. The fraction of sp³-hybridized carbons (Fsp3) is 0.423. The molecule has 6 heteroatoms. The van der Waals surface area contributed by atoms with Gasteiger partial charge in [-0.1, -0.05) is 55.0 Å². The topological polar surface area (TPSA) is 84.5 Å². The largest absolute Gasteiger partial charge is 0.382 e. The van der Waals surface area contributed by atoms with Gasteiger partial charge in [-0.2, -0.15) is 5.48 Å². The second kappa shape index (κ2) is 8.87. The Hall–Kier alpha value is -2.99. The molecule has 0 amide bonds. The lowest BCUT2D eigenvalue weighted by atomic mass is 9.70. The molecule has 4 unspecified atom stereocenters. The monoisotopic (exact) mass is 432 g/mol. The van der Waals surface area contributed by atoms with Crippen LogP contribution in [0.15, 0.2) is 54.6 Å². The lowest BCUT2D eigenvalue weighted by molar-refractivity contribution is -0.159. The predicted molar refractivity (Wildman–Crippen MR) is 120 cm³/mol. The lowest BCUT2D eigenvalue weighted by Gasteiger charge is -2.40. The molecule has 0 spiro atoms. The van der Waals surface area contributed by atoms with Crippen LogP contribution in [-0.2, 0) is 14.4 Å². The molecule has 0 bridgehead atoms. The number of nitrogens with one attached hydrogen (secondary N) is 2. The van der Waals surface area contributed by atoms with Gasteiger partial charge in [0.25, 0.3) is 0 Å². The molecule has 1 heterocycles. The summed E-state index contributed by atoms with van der Waals surface area (Å²) in [6.07, 6.45) is 4.90. The Balaban J connectivity index is 1.45. The molecule has 0 aromatic heterocycles. The predicted octanol–water partition coefficient (Wildman–Crippen LogP) is 4.03. The summed E-state index contributed by atoms with van der Waals surface area (Å²) in [6, 6.07) is 17.0. The highest BCUT2D eigenvalue weighted by Gasteiger charge is 2.47. The fourth-order valence-corrected chi connectivity index (χ4v) is 5.28. The zero-order valence-electron chi connectivity index (χ0n) is 18.0. The van der Waals surface area contributed by atoms with Gasteiger partial charge in [0.15, 0.2) is 0 Å². The number of anilines is 1. The van der Waals surface area contributed by atoms with Crippen molar-refractivity contribution >= 4 is 23.2 Å². The third kappa shape index (κ3) is 4.19. The van der Waals surface area contributed by atoms with E-state index in [-0.39, 0.29) is 30.3 Å². The van der Waals surface area contributed by atoms with Crippen molar-refractivity contribution in [2.24, 2.45) is 11.8 Å². The number of hydrogen-bond acceptors (Lipinski definition) is 6. The molecule has 4 atom stereocenters. The van der Waals surface area contributed by atoms with E-state index in [1.165, 1.54) is 0 Å². The number of fused-ring (bicyclic) bond motifs is 2. The average molecular weight is 433 g/mol. The van der Waals surface area contributed by atoms with E-state index in [0.717, 1.165) is 43.4 Å². The van der Waals surface area contributed by atoms with Crippen LogP contribution in [0.1, 0.15) is 60.4 Å². The van der Waals surface area contributed by atoms with Gasteiger partial charge >= 0.3 is 5.97 Å². The Morgan fingerprint density at radius 1 is 0.969 bits per heavy atom. The van der Waals surface area contributed by atoms with Gasteiger partial charge in [0, 0.05) is 35.7 Å². The van der Waals surface area contributed by atoms with Gasteiger partial charge in [-0.05, 0) is 43.2 Å².